The van der Waals surface area contributed by atoms with Crippen molar-refractivity contribution in [2.45, 2.75) is 70.1 Å². The van der Waals surface area contributed by atoms with E-state index in [0.29, 0.717) is 12.1 Å². The minimum absolute atomic E-state index is 0.0516. The highest BCUT2D eigenvalue weighted by molar-refractivity contribution is 4.87. The first-order valence-electron chi connectivity index (χ1n) is 6.23. The smallest absolute Gasteiger partial charge is 0.0695 e. The summed E-state index contributed by atoms with van der Waals surface area (Å²) in [6.45, 7) is 3.53. The first-order valence-corrected chi connectivity index (χ1v) is 6.23. The molecule has 82 valence electrons. The summed E-state index contributed by atoms with van der Waals surface area (Å²) in [4.78, 5) is 2.56. The molecule has 2 nitrogen and oxygen atoms in total. The van der Waals surface area contributed by atoms with Gasteiger partial charge in [-0.15, -0.1) is 0 Å². The second kappa shape index (κ2) is 4.63. The Bertz CT molecular complexity index is 163. The summed E-state index contributed by atoms with van der Waals surface area (Å²) in [6.07, 6.45) is 8.74. The van der Waals surface area contributed by atoms with Gasteiger partial charge in [-0.1, -0.05) is 19.3 Å². The fourth-order valence-electron chi connectivity index (χ4n) is 3.09. The highest BCUT2D eigenvalue weighted by Gasteiger charge is 2.32. The third kappa shape index (κ3) is 2.12. The second-order valence-electron chi connectivity index (χ2n) is 5.00. The lowest BCUT2D eigenvalue weighted by atomic mass is 9.88. The third-order valence-electron chi connectivity index (χ3n) is 3.97. The normalized spacial score (nSPS) is 41.1. The Hall–Kier alpha value is -0.0800. The Morgan fingerprint density at radius 1 is 1.00 bits per heavy atom. The lowest BCUT2D eigenvalue weighted by Crippen LogP contribution is -2.51. The molecule has 3 atom stereocenters. The summed E-state index contributed by atoms with van der Waals surface area (Å²) in [5.74, 6) is 0. The van der Waals surface area contributed by atoms with Crippen LogP contribution in [0.1, 0.15) is 51.9 Å². The Kier molecular flexibility index (Phi) is 3.45. The van der Waals surface area contributed by atoms with E-state index in [0.717, 1.165) is 6.42 Å². The Morgan fingerprint density at radius 2 is 1.71 bits per heavy atom. The first kappa shape index (κ1) is 10.4. The molecule has 1 aliphatic carbocycles. The maximum Gasteiger partial charge on any atom is 0.0695 e. The maximum absolute atomic E-state index is 10.00. The molecular formula is C12H23NO. The number of likely N-dealkylation sites (tertiary alicyclic amines) is 1. The molecule has 1 aliphatic heterocycles. The van der Waals surface area contributed by atoms with Gasteiger partial charge in [0.05, 0.1) is 6.10 Å². The van der Waals surface area contributed by atoms with Gasteiger partial charge in [-0.3, -0.25) is 4.90 Å². The van der Waals surface area contributed by atoms with Gasteiger partial charge in [0, 0.05) is 12.1 Å². The zero-order valence-electron chi connectivity index (χ0n) is 9.28. The summed E-state index contributed by atoms with van der Waals surface area (Å²) in [5.41, 5.74) is 0. The van der Waals surface area contributed by atoms with E-state index in [1.54, 1.807) is 0 Å². The number of hydrogen-bond acceptors (Lipinski definition) is 2. The predicted octanol–water partition coefficient (Wildman–Crippen LogP) is 2.16. The van der Waals surface area contributed by atoms with E-state index < -0.39 is 0 Å². The number of rotatable bonds is 1. The van der Waals surface area contributed by atoms with Crippen molar-refractivity contribution in [2.75, 3.05) is 6.54 Å². The van der Waals surface area contributed by atoms with E-state index in [1.165, 1.54) is 45.1 Å². The fraction of sp³-hybridized carbons (Fsp3) is 1.00. The van der Waals surface area contributed by atoms with E-state index in [2.05, 4.69) is 11.8 Å². The Morgan fingerprint density at radius 3 is 2.43 bits per heavy atom. The SMILES string of the molecule is CC1CCCCN1[C@@H]1CCCC[C@H]1O. The molecule has 2 fully saturated rings. The molecule has 0 aromatic carbocycles. The molecule has 14 heavy (non-hydrogen) atoms. The average molecular weight is 197 g/mol. The maximum atomic E-state index is 10.00. The minimum atomic E-state index is -0.0516. The van der Waals surface area contributed by atoms with Gasteiger partial charge in [0.1, 0.15) is 0 Å². The minimum Gasteiger partial charge on any atom is -0.391 e. The van der Waals surface area contributed by atoms with Crippen molar-refractivity contribution in [3.8, 4) is 0 Å². The lowest BCUT2D eigenvalue weighted by Gasteiger charge is -2.43. The monoisotopic (exact) mass is 197 g/mol. The van der Waals surface area contributed by atoms with Crippen LogP contribution >= 0.6 is 0 Å². The van der Waals surface area contributed by atoms with Gasteiger partial charge in [0.25, 0.3) is 0 Å². The highest BCUT2D eigenvalue weighted by Crippen LogP contribution is 2.28. The van der Waals surface area contributed by atoms with Crippen molar-refractivity contribution in [1.29, 1.82) is 0 Å². The fourth-order valence-corrected chi connectivity index (χ4v) is 3.09. The van der Waals surface area contributed by atoms with Crippen LogP contribution in [0.15, 0.2) is 0 Å². The Labute approximate surface area is 87.3 Å². The van der Waals surface area contributed by atoms with Crippen molar-refractivity contribution in [2.24, 2.45) is 0 Å². The van der Waals surface area contributed by atoms with Crippen molar-refractivity contribution in [1.82, 2.24) is 4.90 Å². The standard InChI is InChI=1S/C12H23NO/c1-10-6-4-5-9-13(10)11-7-2-3-8-12(11)14/h10-12,14H,2-9H2,1H3/t10?,11-,12-/m1/s1. The second-order valence-corrected chi connectivity index (χ2v) is 5.00. The van der Waals surface area contributed by atoms with E-state index >= 15 is 0 Å². The highest BCUT2D eigenvalue weighted by atomic mass is 16.3. The first-order chi connectivity index (χ1) is 6.79. The molecule has 2 heteroatoms. The predicted molar refractivity (Wildman–Crippen MR) is 58.3 cm³/mol. The molecule has 1 saturated carbocycles. The van der Waals surface area contributed by atoms with Crippen LogP contribution in [-0.4, -0.2) is 34.7 Å². The van der Waals surface area contributed by atoms with Crippen LogP contribution in [0.2, 0.25) is 0 Å². The largest absolute Gasteiger partial charge is 0.391 e. The molecule has 2 rings (SSSR count). The van der Waals surface area contributed by atoms with Gasteiger partial charge in [-0.05, 0) is 39.2 Å². The van der Waals surface area contributed by atoms with Crippen molar-refractivity contribution < 1.29 is 5.11 Å². The van der Waals surface area contributed by atoms with E-state index in [-0.39, 0.29) is 6.10 Å². The summed E-state index contributed by atoms with van der Waals surface area (Å²) in [5, 5.41) is 10.00. The summed E-state index contributed by atoms with van der Waals surface area (Å²) in [6, 6.07) is 1.17. The quantitative estimate of drug-likeness (QED) is 0.696. The van der Waals surface area contributed by atoms with Gasteiger partial charge < -0.3 is 5.11 Å². The number of piperidine rings is 1. The van der Waals surface area contributed by atoms with E-state index in [9.17, 15) is 5.11 Å². The van der Waals surface area contributed by atoms with Crippen LogP contribution in [0.25, 0.3) is 0 Å². The van der Waals surface area contributed by atoms with Crippen LogP contribution in [-0.2, 0) is 0 Å². The van der Waals surface area contributed by atoms with Crippen LogP contribution in [0.3, 0.4) is 0 Å². The van der Waals surface area contributed by atoms with Crippen molar-refractivity contribution in [3.63, 3.8) is 0 Å². The van der Waals surface area contributed by atoms with Crippen LogP contribution in [0, 0.1) is 0 Å². The molecule has 0 aromatic heterocycles. The molecule has 0 aromatic rings. The number of hydrogen-bond donors (Lipinski definition) is 1. The van der Waals surface area contributed by atoms with Crippen LogP contribution in [0.4, 0.5) is 0 Å². The molecule has 0 spiro atoms. The molecule has 1 unspecified atom stereocenters. The number of nitrogens with zero attached hydrogens (tertiary/aromatic N) is 1. The number of aliphatic hydroxyl groups excluding tert-OH is 1. The molecule has 0 radical (unpaired) electrons. The summed E-state index contributed by atoms with van der Waals surface area (Å²) >= 11 is 0. The third-order valence-corrected chi connectivity index (χ3v) is 3.97. The zero-order valence-corrected chi connectivity index (χ0v) is 9.28. The van der Waals surface area contributed by atoms with Crippen molar-refractivity contribution in [3.05, 3.63) is 0 Å². The molecule has 1 heterocycles. The number of aliphatic hydroxyl groups is 1. The zero-order chi connectivity index (χ0) is 9.97. The van der Waals surface area contributed by atoms with Gasteiger partial charge in [0.2, 0.25) is 0 Å². The average Bonchev–Trinajstić information content (AvgIpc) is 2.20. The lowest BCUT2D eigenvalue weighted by molar-refractivity contribution is -0.0105. The van der Waals surface area contributed by atoms with Gasteiger partial charge >= 0.3 is 0 Å². The summed E-state index contributed by atoms with van der Waals surface area (Å²) < 4.78 is 0. The van der Waals surface area contributed by atoms with E-state index in [1.807, 2.05) is 0 Å². The molecular weight excluding hydrogens is 174 g/mol. The van der Waals surface area contributed by atoms with E-state index in [4.69, 9.17) is 0 Å². The molecule has 0 amide bonds. The van der Waals surface area contributed by atoms with Crippen molar-refractivity contribution >= 4 is 0 Å². The van der Waals surface area contributed by atoms with Crippen LogP contribution in [0.5, 0.6) is 0 Å². The van der Waals surface area contributed by atoms with Crippen LogP contribution < -0.4 is 0 Å². The van der Waals surface area contributed by atoms with Gasteiger partial charge in [0.15, 0.2) is 0 Å². The summed E-state index contributed by atoms with van der Waals surface area (Å²) in [7, 11) is 0. The Balaban J connectivity index is 1.96. The van der Waals surface area contributed by atoms with Gasteiger partial charge in [-0.2, -0.15) is 0 Å². The topological polar surface area (TPSA) is 23.5 Å². The molecule has 2 aliphatic rings. The molecule has 1 saturated heterocycles. The van der Waals surface area contributed by atoms with Gasteiger partial charge in [-0.25, -0.2) is 0 Å². The molecule has 1 N–H and O–H groups in total. The molecule has 0 bridgehead atoms.